The maximum atomic E-state index is 10.4. The highest BCUT2D eigenvalue weighted by atomic mass is 32.2. The van der Waals surface area contributed by atoms with Gasteiger partial charge in [0, 0.05) is 16.3 Å². The Balaban J connectivity index is 1.04. The van der Waals surface area contributed by atoms with E-state index in [9.17, 15) is 10.5 Å². The fraction of sp³-hybridized carbons (Fsp3) is 0.281. The zero-order valence-corrected chi connectivity index (χ0v) is 41.0. The third-order valence-corrected chi connectivity index (χ3v) is 14.3. The number of rotatable bonds is 25. The number of hydrogen-bond acceptors (Lipinski definition) is 4. The number of fused-ring (bicyclic) bond motifs is 2. The van der Waals surface area contributed by atoms with Crippen molar-refractivity contribution in [1.29, 1.82) is 10.5 Å². The minimum absolute atomic E-state index is 0.625. The summed E-state index contributed by atoms with van der Waals surface area (Å²) >= 11 is 1.77. The molecule has 6 aromatic rings. The first-order valence-corrected chi connectivity index (χ1v) is 26.0. The Morgan fingerprint density at radius 1 is 0.441 bits per heavy atom. The third kappa shape index (κ3) is 13.8. The van der Waals surface area contributed by atoms with Crippen LogP contribution in [-0.2, 0) is 0 Å². The summed E-state index contributed by atoms with van der Waals surface area (Å²) in [6, 6.07) is 51.3. The van der Waals surface area contributed by atoms with E-state index in [2.05, 4.69) is 146 Å². The lowest BCUT2D eigenvalue weighted by Crippen LogP contribution is -2.22. The molecule has 1 heterocycles. The van der Waals surface area contributed by atoms with Gasteiger partial charge in [0.1, 0.15) is 0 Å². The average molecular weight is 910 g/mol. The standard InChI is InChI=1S/C64H67N3S/c1-4-7-8-9-10-11-12-13-14-15-16-17-18-19-20-21-42-67-61-40-26-51(43-59(47-65)57-36-32-55(33-37-57)53-28-22-49(5-2)23-29-53)45-63(61)68-64-46-52(27-41-62(64)67)44-60(48-66)58-38-34-56(35-39-58)54-30-24-50(6-3)25-31-54/h5-6,22-41,43-46H,2-4,7-21,42H2,1H3/b59-43-,60-44+. The summed E-state index contributed by atoms with van der Waals surface area (Å²) in [4.78, 5) is 4.82. The molecule has 0 saturated heterocycles. The van der Waals surface area contributed by atoms with Gasteiger partial charge >= 0.3 is 0 Å². The Bertz CT molecular complexity index is 2550. The second kappa shape index (κ2) is 26.1. The zero-order chi connectivity index (χ0) is 47.3. The number of anilines is 2. The van der Waals surface area contributed by atoms with Gasteiger partial charge in [0.05, 0.1) is 34.7 Å². The molecule has 0 N–H and O–H groups in total. The molecule has 0 spiro atoms. The van der Waals surface area contributed by atoms with Gasteiger partial charge in [-0.3, -0.25) is 0 Å². The van der Waals surface area contributed by atoms with E-state index in [0.29, 0.717) is 11.1 Å². The Hall–Kier alpha value is -6.59. The second-order valence-corrected chi connectivity index (χ2v) is 19.2. The molecule has 1 aliphatic heterocycles. The molecule has 0 bridgehead atoms. The summed E-state index contributed by atoms with van der Waals surface area (Å²) in [5.74, 6) is 0. The summed E-state index contributed by atoms with van der Waals surface area (Å²) in [7, 11) is 0. The van der Waals surface area contributed by atoms with Crippen molar-refractivity contribution in [3.05, 3.63) is 180 Å². The van der Waals surface area contributed by atoms with Gasteiger partial charge in [-0.15, -0.1) is 0 Å². The molecule has 0 fully saturated rings. The molecule has 6 aromatic carbocycles. The van der Waals surface area contributed by atoms with Gasteiger partial charge in [0.2, 0.25) is 0 Å². The van der Waals surface area contributed by atoms with E-state index in [1.54, 1.807) is 11.8 Å². The van der Waals surface area contributed by atoms with Gasteiger partial charge in [0.25, 0.3) is 0 Å². The largest absolute Gasteiger partial charge is 0.340 e. The first kappa shape index (κ1) is 49.3. The van der Waals surface area contributed by atoms with Crippen molar-refractivity contribution >= 4 is 58.6 Å². The first-order chi connectivity index (χ1) is 33.5. The highest BCUT2D eigenvalue weighted by molar-refractivity contribution is 7.99. The van der Waals surface area contributed by atoms with Crippen molar-refractivity contribution in [2.75, 3.05) is 11.4 Å². The molecule has 3 nitrogen and oxygen atoms in total. The van der Waals surface area contributed by atoms with Crippen molar-refractivity contribution in [2.45, 2.75) is 119 Å². The van der Waals surface area contributed by atoms with Crippen LogP contribution in [0.15, 0.2) is 156 Å². The van der Waals surface area contributed by atoms with E-state index >= 15 is 0 Å². The number of nitriles is 2. The fourth-order valence-corrected chi connectivity index (χ4v) is 10.4. The van der Waals surface area contributed by atoms with E-state index in [4.69, 9.17) is 0 Å². The summed E-state index contributed by atoms with van der Waals surface area (Å²) in [5, 5.41) is 20.8. The van der Waals surface area contributed by atoms with Crippen molar-refractivity contribution in [3.8, 4) is 34.4 Å². The lowest BCUT2D eigenvalue weighted by atomic mass is 9.98. The van der Waals surface area contributed by atoms with Crippen LogP contribution in [0.4, 0.5) is 11.4 Å². The molecule has 4 heteroatoms. The minimum atomic E-state index is 0.625. The van der Waals surface area contributed by atoms with E-state index in [-0.39, 0.29) is 0 Å². The number of hydrogen-bond donors (Lipinski definition) is 0. The number of nitrogens with zero attached hydrogens (tertiary/aromatic N) is 3. The normalized spacial score (nSPS) is 12.2. The van der Waals surface area contributed by atoms with Gasteiger partial charge in [-0.25, -0.2) is 0 Å². The van der Waals surface area contributed by atoms with E-state index in [0.717, 1.165) is 78.4 Å². The average Bonchev–Trinajstić information content (AvgIpc) is 3.39. The van der Waals surface area contributed by atoms with Crippen LogP contribution < -0.4 is 4.90 Å². The van der Waals surface area contributed by atoms with Gasteiger partial charge in [-0.2, -0.15) is 10.5 Å². The third-order valence-electron chi connectivity index (χ3n) is 13.2. The topological polar surface area (TPSA) is 50.8 Å². The zero-order valence-electron chi connectivity index (χ0n) is 40.2. The number of benzene rings is 6. The van der Waals surface area contributed by atoms with Gasteiger partial charge < -0.3 is 4.90 Å². The van der Waals surface area contributed by atoms with Crippen LogP contribution in [0, 0.1) is 22.7 Å². The molecule has 7 rings (SSSR count). The SMILES string of the molecule is C=Cc1ccc(-c2ccc(/C(C#N)=C/c3ccc4c(c3)Sc3cc(/C=C(/C#N)c5ccc(-c6ccc(C=C)cc6)cc5)ccc3N4CCCCCCCCCCCCCCCCCC)cc2)cc1. The van der Waals surface area contributed by atoms with Gasteiger partial charge in [0.15, 0.2) is 0 Å². The van der Waals surface area contributed by atoms with Crippen molar-refractivity contribution in [2.24, 2.45) is 0 Å². The summed E-state index contributed by atoms with van der Waals surface area (Å²) in [5.41, 5.74) is 14.1. The molecule has 68 heavy (non-hydrogen) atoms. The predicted octanol–water partition coefficient (Wildman–Crippen LogP) is 19.3. The maximum absolute atomic E-state index is 10.4. The van der Waals surface area contributed by atoms with Crippen molar-refractivity contribution in [3.63, 3.8) is 0 Å². The molecule has 344 valence electrons. The van der Waals surface area contributed by atoms with E-state index < -0.39 is 0 Å². The quantitative estimate of drug-likeness (QED) is 0.0326. The smallest absolute Gasteiger partial charge is 0.0998 e. The van der Waals surface area contributed by atoms with E-state index in [1.807, 2.05) is 48.6 Å². The van der Waals surface area contributed by atoms with Crippen LogP contribution in [0.3, 0.4) is 0 Å². The molecule has 0 radical (unpaired) electrons. The van der Waals surface area contributed by atoms with Crippen LogP contribution >= 0.6 is 11.8 Å². The highest BCUT2D eigenvalue weighted by Gasteiger charge is 2.24. The van der Waals surface area contributed by atoms with Crippen molar-refractivity contribution < 1.29 is 0 Å². The molecule has 0 aliphatic carbocycles. The van der Waals surface area contributed by atoms with Gasteiger partial charge in [-0.05, 0) is 98.5 Å². The Morgan fingerprint density at radius 3 is 1.10 bits per heavy atom. The molecular weight excluding hydrogens is 843 g/mol. The molecule has 0 amide bonds. The number of allylic oxidation sites excluding steroid dienone is 2. The molecule has 0 atom stereocenters. The Morgan fingerprint density at radius 2 is 0.765 bits per heavy atom. The van der Waals surface area contributed by atoms with Crippen LogP contribution in [-0.4, -0.2) is 6.54 Å². The monoisotopic (exact) mass is 910 g/mol. The highest BCUT2D eigenvalue weighted by Crippen LogP contribution is 2.49. The van der Waals surface area contributed by atoms with Crippen LogP contribution in [0.1, 0.15) is 143 Å². The van der Waals surface area contributed by atoms with Crippen molar-refractivity contribution in [1.82, 2.24) is 0 Å². The maximum Gasteiger partial charge on any atom is 0.0998 e. The molecule has 0 aromatic heterocycles. The molecule has 0 saturated carbocycles. The molecule has 1 aliphatic rings. The summed E-state index contributed by atoms with van der Waals surface area (Å²) < 4.78 is 0. The predicted molar refractivity (Wildman–Crippen MR) is 294 cm³/mol. The van der Waals surface area contributed by atoms with E-state index in [1.165, 1.54) is 108 Å². The lowest BCUT2D eigenvalue weighted by molar-refractivity contribution is 0.530. The fourth-order valence-electron chi connectivity index (χ4n) is 9.16. The second-order valence-electron chi connectivity index (χ2n) is 18.2. The summed E-state index contributed by atoms with van der Waals surface area (Å²) in [6.07, 6.45) is 29.3. The minimum Gasteiger partial charge on any atom is -0.340 e. The van der Waals surface area contributed by atoms with Crippen LogP contribution in [0.5, 0.6) is 0 Å². The summed E-state index contributed by atoms with van der Waals surface area (Å²) in [6.45, 7) is 11.0. The van der Waals surface area contributed by atoms with Crippen LogP contribution in [0.25, 0.3) is 57.7 Å². The number of unbranched alkanes of at least 4 members (excludes halogenated alkanes) is 15. The lowest BCUT2D eigenvalue weighted by Gasteiger charge is -2.33. The molecular formula is C64H67N3S. The van der Waals surface area contributed by atoms with Gasteiger partial charge in [-0.1, -0.05) is 250 Å². The Labute approximate surface area is 412 Å². The van der Waals surface area contributed by atoms with Crippen LogP contribution in [0.2, 0.25) is 0 Å². The molecule has 0 unspecified atom stereocenters. The first-order valence-electron chi connectivity index (χ1n) is 25.1. The Kier molecular flexibility index (Phi) is 18.9.